The van der Waals surface area contributed by atoms with Crippen molar-refractivity contribution < 1.29 is 19.4 Å². The van der Waals surface area contributed by atoms with Crippen LogP contribution in [0.25, 0.3) is 17.0 Å². The Bertz CT molecular complexity index is 1260. The number of benzene rings is 2. The molecule has 1 fully saturated rings. The number of aryl methyl sites for hydroxylation is 2. The Morgan fingerprint density at radius 1 is 1.18 bits per heavy atom. The first-order valence-electron chi connectivity index (χ1n) is 10.7. The number of carbonyl (C=O) groups is 2. The van der Waals surface area contributed by atoms with E-state index in [0.29, 0.717) is 27.3 Å². The van der Waals surface area contributed by atoms with E-state index in [1.54, 1.807) is 0 Å². The number of aliphatic carboxylic acids is 1. The van der Waals surface area contributed by atoms with E-state index in [-0.39, 0.29) is 18.9 Å². The summed E-state index contributed by atoms with van der Waals surface area (Å²) in [7, 11) is 1.94. The summed E-state index contributed by atoms with van der Waals surface area (Å²) < 4.78 is 8.72. The fraction of sp³-hybridized carbons (Fsp3) is 0.240. The zero-order valence-corrected chi connectivity index (χ0v) is 20.0. The number of amides is 1. The van der Waals surface area contributed by atoms with E-state index in [9.17, 15) is 9.59 Å². The molecular formula is C25H24N2O4S2. The zero-order chi connectivity index (χ0) is 23.5. The predicted octanol–water partition coefficient (Wildman–Crippen LogP) is 5.60. The van der Waals surface area contributed by atoms with Crippen LogP contribution in [0.4, 0.5) is 0 Å². The van der Waals surface area contributed by atoms with Crippen molar-refractivity contribution in [1.82, 2.24) is 9.47 Å². The number of carboxylic acid groups (broad SMARTS) is 1. The van der Waals surface area contributed by atoms with Crippen molar-refractivity contribution in [1.29, 1.82) is 0 Å². The minimum Gasteiger partial charge on any atom is -0.481 e. The number of ether oxygens (including phenoxy) is 1. The molecule has 6 nitrogen and oxygen atoms in total. The summed E-state index contributed by atoms with van der Waals surface area (Å²) in [5, 5.41) is 9.85. The molecule has 0 unspecified atom stereocenters. The molecule has 1 aliphatic heterocycles. The van der Waals surface area contributed by atoms with Gasteiger partial charge in [-0.2, -0.15) is 0 Å². The molecule has 1 N–H and O–H groups in total. The molecule has 2 heterocycles. The molecule has 0 saturated carbocycles. The Hall–Kier alpha value is -3.10. The van der Waals surface area contributed by atoms with Crippen LogP contribution in [0, 0.1) is 0 Å². The molecule has 0 spiro atoms. The van der Waals surface area contributed by atoms with Gasteiger partial charge in [-0.25, -0.2) is 0 Å². The van der Waals surface area contributed by atoms with Gasteiger partial charge in [0.15, 0.2) is 0 Å². The van der Waals surface area contributed by atoms with Gasteiger partial charge in [-0.1, -0.05) is 61.2 Å². The quantitative estimate of drug-likeness (QED) is 0.334. The number of para-hydroxylation sites is 1. The van der Waals surface area contributed by atoms with Crippen LogP contribution in [0.15, 0.2) is 53.4 Å². The lowest BCUT2D eigenvalue weighted by atomic mass is 10.1. The highest BCUT2D eigenvalue weighted by Gasteiger charge is 2.32. The van der Waals surface area contributed by atoms with Crippen LogP contribution < -0.4 is 4.74 Å². The molecule has 2 aromatic carbocycles. The number of rotatable bonds is 8. The maximum absolute atomic E-state index is 13.0. The van der Waals surface area contributed by atoms with Gasteiger partial charge >= 0.3 is 5.97 Å². The summed E-state index contributed by atoms with van der Waals surface area (Å²) in [6, 6.07) is 15.9. The standard InChI is InChI=1S/C25H24N2O4S2/c1-3-16-10-12-17(13-11-16)31-24-19(18-7-4-5-8-20(18)26(24)2)15-21-23(30)27(25(32)33-21)14-6-9-22(28)29/h4-5,7-8,10-13,15H,3,6,9,14H2,1-2H3,(H,28,29). The van der Waals surface area contributed by atoms with E-state index in [1.165, 1.54) is 22.2 Å². The second-order valence-corrected chi connectivity index (χ2v) is 9.40. The number of carbonyl (C=O) groups excluding carboxylic acids is 1. The Morgan fingerprint density at radius 3 is 2.61 bits per heavy atom. The van der Waals surface area contributed by atoms with Gasteiger partial charge < -0.3 is 14.4 Å². The lowest BCUT2D eigenvalue weighted by Crippen LogP contribution is -2.29. The topological polar surface area (TPSA) is 71.8 Å². The van der Waals surface area contributed by atoms with E-state index < -0.39 is 5.97 Å². The minimum atomic E-state index is -0.888. The van der Waals surface area contributed by atoms with Crippen molar-refractivity contribution in [2.24, 2.45) is 7.05 Å². The van der Waals surface area contributed by atoms with Gasteiger partial charge in [0, 0.05) is 31.0 Å². The molecule has 0 atom stereocenters. The van der Waals surface area contributed by atoms with E-state index >= 15 is 0 Å². The lowest BCUT2D eigenvalue weighted by molar-refractivity contribution is -0.137. The molecule has 170 valence electrons. The predicted molar refractivity (Wildman–Crippen MR) is 136 cm³/mol. The third-order valence-electron chi connectivity index (χ3n) is 5.56. The SMILES string of the molecule is CCc1ccc(Oc2c(C=C3SC(=S)N(CCCC(=O)O)C3=O)c3ccccc3n2C)cc1. The normalized spacial score (nSPS) is 15.1. The van der Waals surface area contributed by atoms with E-state index in [4.69, 9.17) is 22.1 Å². The minimum absolute atomic E-state index is 0.00571. The van der Waals surface area contributed by atoms with Crippen LogP contribution in [-0.2, 0) is 23.1 Å². The van der Waals surface area contributed by atoms with Gasteiger partial charge in [0.1, 0.15) is 10.1 Å². The largest absolute Gasteiger partial charge is 0.481 e. The number of thioether (sulfide) groups is 1. The van der Waals surface area contributed by atoms with Crippen molar-refractivity contribution >= 4 is 57.2 Å². The van der Waals surface area contributed by atoms with Gasteiger partial charge in [-0.15, -0.1) is 0 Å². The fourth-order valence-electron chi connectivity index (χ4n) is 3.78. The van der Waals surface area contributed by atoms with E-state index in [0.717, 1.165) is 22.9 Å². The van der Waals surface area contributed by atoms with Crippen molar-refractivity contribution in [3.8, 4) is 11.6 Å². The van der Waals surface area contributed by atoms with Gasteiger partial charge in [0.2, 0.25) is 5.88 Å². The van der Waals surface area contributed by atoms with Crippen LogP contribution in [0.2, 0.25) is 0 Å². The van der Waals surface area contributed by atoms with Crippen molar-refractivity contribution in [2.75, 3.05) is 6.54 Å². The average molecular weight is 481 g/mol. The maximum atomic E-state index is 13.0. The van der Waals surface area contributed by atoms with Crippen LogP contribution in [0.3, 0.4) is 0 Å². The average Bonchev–Trinajstić information content (AvgIpc) is 3.22. The summed E-state index contributed by atoms with van der Waals surface area (Å²) in [4.78, 5) is 25.8. The fourth-order valence-corrected chi connectivity index (χ4v) is 5.07. The van der Waals surface area contributed by atoms with Crippen LogP contribution in [0.1, 0.15) is 30.9 Å². The summed E-state index contributed by atoms with van der Waals surface area (Å²) >= 11 is 6.63. The summed E-state index contributed by atoms with van der Waals surface area (Å²) in [5.41, 5.74) is 3.02. The molecule has 1 saturated heterocycles. The van der Waals surface area contributed by atoms with Crippen molar-refractivity contribution in [2.45, 2.75) is 26.2 Å². The van der Waals surface area contributed by atoms with Crippen molar-refractivity contribution in [3.63, 3.8) is 0 Å². The Morgan fingerprint density at radius 2 is 1.91 bits per heavy atom. The molecule has 8 heteroatoms. The van der Waals surface area contributed by atoms with Crippen LogP contribution >= 0.6 is 24.0 Å². The molecule has 3 aromatic rings. The van der Waals surface area contributed by atoms with Gasteiger partial charge in [0.25, 0.3) is 5.91 Å². The van der Waals surface area contributed by atoms with E-state index in [2.05, 4.69) is 6.92 Å². The third-order valence-corrected chi connectivity index (χ3v) is 6.94. The number of hydrogen-bond acceptors (Lipinski definition) is 5. The molecule has 0 aliphatic carbocycles. The molecule has 33 heavy (non-hydrogen) atoms. The molecule has 1 aliphatic rings. The molecule has 0 radical (unpaired) electrons. The second-order valence-electron chi connectivity index (χ2n) is 7.73. The van der Waals surface area contributed by atoms with Crippen LogP contribution in [-0.4, -0.2) is 37.3 Å². The maximum Gasteiger partial charge on any atom is 0.303 e. The van der Waals surface area contributed by atoms with Gasteiger partial charge in [0.05, 0.1) is 10.4 Å². The smallest absolute Gasteiger partial charge is 0.303 e. The first-order chi connectivity index (χ1) is 15.9. The van der Waals surface area contributed by atoms with Gasteiger partial charge in [-0.05, 0) is 42.7 Å². The molecule has 0 bridgehead atoms. The second kappa shape index (κ2) is 9.80. The lowest BCUT2D eigenvalue weighted by Gasteiger charge is -2.13. The number of nitrogens with zero attached hydrogens (tertiary/aromatic N) is 2. The molecule has 1 aromatic heterocycles. The molecule has 4 rings (SSSR count). The first-order valence-corrected chi connectivity index (χ1v) is 11.9. The summed E-state index contributed by atoms with van der Waals surface area (Å²) in [5.74, 6) is 0.257. The highest BCUT2D eigenvalue weighted by Crippen LogP contribution is 2.39. The number of thiocarbonyl (C=S) groups is 1. The monoisotopic (exact) mass is 480 g/mol. The first kappa shape index (κ1) is 23.1. The third kappa shape index (κ3) is 4.82. The highest BCUT2D eigenvalue weighted by molar-refractivity contribution is 8.26. The van der Waals surface area contributed by atoms with Gasteiger partial charge in [-0.3, -0.25) is 14.5 Å². The molecular weight excluding hydrogens is 456 g/mol. The number of aromatic nitrogens is 1. The molecule has 1 amide bonds. The number of fused-ring (bicyclic) bond motifs is 1. The highest BCUT2D eigenvalue weighted by atomic mass is 32.2. The Labute approximate surface area is 201 Å². The van der Waals surface area contributed by atoms with E-state index in [1.807, 2.05) is 66.2 Å². The van der Waals surface area contributed by atoms with Crippen LogP contribution in [0.5, 0.6) is 11.6 Å². The Kier molecular flexibility index (Phi) is 6.85. The Balaban J connectivity index is 1.70. The summed E-state index contributed by atoms with van der Waals surface area (Å²) in [6.07, 6.45) is 3.13. The van der Waals surface area contributed by atoms with Crippen molar-refractivity contribution in [3.05, 3.63) is 64.6 Å². The number of carboxylic acids is 1. The summed E-state index contributed by atoms with van der Waals surface area (Å²) in [6.45, 7) is 2.40. The number of hydrogen-bond donors (Lipinski definition) is 1. The zero-order valence-electron chi connectivity index (χ0n) is 18.4.